The van der Waals surface area contributed by atoms with E-state index in [1.165, 1.54) is 5.56 Å². The lowest BCUT2D eigenvalue weighted by Gasteiger charge is -2.23. The molecule has 0 aromatic heterocycles. The number of nitrogens with two attached hydrogens (primary N) is 1. The molecule has 18 heavy (non-hydrogen) atoms. The Morgan fingerprint density at radius 2 is 1.67 bits per heavy atom. The molecule has 0 fully saturated rings. The van der Waals surface area contributed by atoms with Crippen LogP contribution in [0.15, 0.2) is 54.6 Å². The summed E-state index contributed by atoms with van der Waals surface area (Å²) in [7, 11) is 0. The predicted octanol–water partition coefficient (Wildman–Crippen LogP) is 4.53. The van der Waals surface area contributed by atoms with Gasteiger partial charge in [0, 0.05) is 17.0 Å². The number of hydrogen-bond donors (Lipinski definition) is 1. The highest BCUT2D eigenvalue weighted by molar-refractivity contribution is 6.30. The zero-order chi connectivity index (χ0) is 13.0. The summed E-state index contributed by atoms with van der Waals surface area (Å²) in [6.45, 7) is 2.17. The van der Waals surface area contributed by atoms with Gasteiger partial charge in [-0.3, -0.25) is 0 Å². The minimum Gasteiger partial charge on any atom is -0.323 e. The van der Waals surface area contributed by atoms with E-state index in [0.717, 1.165) is 17.0 Å². The van der Waals surface area contributed by atoms with Gasteiger partial charge in [0.05, 0.1) is 0 Å². The fourth-order valence-corrected chi connectivity index (χ4v) is 2.54. The molecule has 1 nitrogen and oxygen atoms in total. The third kappa shape index (κ3) is 2.92. The van der Waals surface area contributed by atoms with E-state index in [9.17, 15) is 0 Å². The summed E-state index contributed by atoms with van der Waals surface area (Å²) in [6, 6.07) is 18.2. The maximum Gasteiger partial charge on any atom is 0.0409 e. The lowest BCUT2D eigenvalue weighted by atomic mass is 9.86. The molecule has 0 bridgehead atoms. The zero-order valence-corrected chi connectivity index (χ0v) is 11.3. The third-order valence-corrected chi connectivity index (χ3v) is 3.57. The van der Waals surface area contributed by atoms with E-state index in [0.29, 0.717) is 5.92 Å². The number of hydrogen-bond acceptors (Lipinski definition) is 1. The van der Waals surface area contributed by atoms with Crippen molar-refractivity contribution in [2.45, 2.75) is 25.3 Å². The Morgan fingerprint density at radius 1 is 1.00 bits per heavy atom. The number of rotatable bonds is 4. The highest BCUT2D eigenvalue weighted by Gasteiger charge is 2.19. The molecule has 2 atom stereocenters. The van der Waals surface area contributed by atoms with Crippen molar-refractivity contribution in [2.75, 3.05) is 0 Å². The van der Waals surface area contributed by atoms with Crippen molar-refractivity contribution in [3.63, 3.8) is 0 Å². The van der Waals surface area contributed by atoms with Crippen LogP contribution in [-0.4, -0.2) is 0 Å². The van der Waals surface area contributed by atoms with Gasteiger partial charge in [0.1, 0.15) is 0 Å². The van der Waals surface area contributed by atoms with E-state index in [-0.39, 0.29) is 6.04 Å². The van der Waals surface area contributed by atoms with Gasteiger partial charge in [-0.1, -0.05) is 61.0 Å². The second-order valence-corrected chi connectivity index (χ2v) is 4.94. The van der Waals surface area contributed by atoms with Crippen LogP contribution in [0, 0.1) is 0 Å². The predicted molar refractivity (Wildman–Crippen MR) is 77.9 cm³/mol. The number of benzene rings is 2. The van der Waals surface area contributed by atoms with E-state index < -0.39 is 0 Å². The van der Waals surface area contributed by atoms with Crippen LogP contribution < -0.4 is 5.73 Å². The molecule has 0 spiro atoms. The van der Waals surface area contributed by atoms with Crippen molar-refractivity contribution in [3.05, 3.63) is 70.7 Å². The van der Waals surface area contributed by atoms with E-state index in [1.807, 2.05) is 30.3 Å². The molecule has 2 aromatic carbocycles. The quantitative estimate of drug-likeness (QED) is 0.858. The maximum absolute atomic E-state index is 6.39. The molecule has 0 radical (unpaired) electrons. The van der Waals surface area contributed by atoms with Gasteiger partial charge in [-0.2, -0.15) is 0 Å². The SMILES string of the molecule is CCC(c1ccccc1)C(N)c1cccc(Cl)c1. The van der Waals surface area contributed by atoms with Gasteiger partial charge >= 0.3 is 0 Å². The second-order valence-electron chi connectivity index (χ2n) is 4.51. The van der Waals surface area contributed by atoms with E-state index >= 15 is 0 Å². The van der Waals surface area contributed by atoms with Crippen LogP contribution >= 0.6 is 11.6 Å². The smallest absolute Gasteiger partial charge is 0.0409 e. The Bertz CT molecular complexity index is 495. The van der Waals surface area contributed by atoms with Gasteiger partial charge in [0.15, 0.2) is 0 Å². The van der Waals surface area contributed by atoms with Crippen molar-refractivity contribution in [1.82, 2.24) is 0 Å². The molecular formula is C16H18ClN. The molecule has 94 valence electrons. The molecule has 0 aliphatic rings. The first-order valence-electron chi connectivity index (χ1n) is 6.28. The van der Waals surface area contributed by atoms with Crippen LogP contribution in [0.2, 0.25) is 5.02 Å². The first-order valence-corrected chi connectivity index (χ1v) is 6.66. The molecule has 2 unspecified atom stereocenters. The van der Waals surface area contributed by atoms with Crippen LogP contribution in [-0.2, 0) is 0 Å². The summed E-state index contributed by atoms with van der Waals surface area (Å²) < 4.78 is 0. The lowest BCUT2D eigenvalue weighted by Crippen LogP contribution is -2.19. The molecule has 0 amide bonds. The van der Waals surface area contributed by atoms with Gasteiger partial charge in [-0.25, -0.2) is 0 Å². The standard InChI is InChI=1S/C16H18ClN/c1-2-15(12-7-4-3-5-8-12)16(18)13-9-6-10-14(17)11-13/h3-11,15-16H,2,18H2,1H3. The van der Waals surface area contributed by atoms with Gasteiger partial charge in [-0.05, 0) is 29.7 Å². The Labute approximate surface area is 114 Å². The first-order chi connectivity index (χ1) is 8.72. The summed E-state index contributed by atoms with van der Waals surface area (Å²) in [5, 5.41) is 0.742. The van der Waals surface area contributed by atoms with Crippen LogP contribution in [0.1, 0.15) is 36.4 Å². The zero-order valence-electron chi connectivity index (χ0n) is 10.5. The Morgan fingerprint density at radius 3 is 2.28 bits per heavy atom. The molecule has 2 heteroatoms. The average molecular weight is 260 g/mol. The molecule has 0 aliphatic heterocycles. The second kappa shape index (κ2) is 6.03. The Hall–Kier alpha value is -1.31. The summed E-state index contributed by atoms with van der Waals surface area (Å²) in [5.41, 5.74) is 8.77. The highest BCUT2D eigenvalue weighted by Crippen LogP contribution is 2.32. The van der Waals surface area contributed by atoms with Crippen LogP contribution in [0.4, 0.5) is 0 Å². The molecule has 2 rings (SSSR count). The van der Waals surface area contributed by atoms with Gasteiger partial charge in [0.25, 0.3) is 0 Å². The molecule has 0 saturated heterocycles. The highest BCUT2D eigenvalue weighted by atomic mass is 35.5. The molecule has 0 saturated carbocycles. The normalized spacial score (nSPS) is 14.2. The van der Waals surface area contributed by atoms with Crippen LogP contribution in [0.5, 0.6) is 0 Å². The first kappa shape index (κ1) is 13.1. The summed E-state index contributed by atoms with van der Waals surface area (Å²) in [6.07, 6.45) is 1.01. The van der Waals surface area contributed by atoms with E-state index in [1.54, 1.807) is 0 Å². The Balaban J connectivity index is 2.28. The summed E-state index contributed by atoms with van der Waals surface area (Å²) in [5.74, 6) is 0.324. The fourth-order valence-electron chi connectivity index (χ4n) is 2.34. The molecule has 0 aliphatic carbocycles. The maximum atomic E-state index is 6.39. The third-order valence-electron chi connectivity index (χ3n) is 3.33. The number of halogens is 1. The van der Waals surface area contributed by atoms with Crippen LogP contribution in [0.25, 0.3) is 0 Å². The monoisotopic (exact) mass is 259 g/mol. The van der Waals surface area contributed by atoms with E-state index in [2.05, 4.69) is 31.2 Å². The van der Waals surface area contributed by atoms with Crippen molar-refractivity contribution in [3.8, 4) is 0 Å². The van der Waals surface area contributed by atoms with Crippen LogP contribution in [0.3, 0.4) is 0 Å². The van der Waals surface area contributed by atoms with Crippen molar-refractivity contribution >= 4 is 11.6 Å². The Kier molecular flexibility index (Phi) is 4.40. The van der Waals surface area contributed by atoms with E-state index in [4.69, 9.17) is 17.3 Å². The fraction of sp³-hybridized carbons (Fsp3) is 0.250. The van der Waals surface area contributed by atoms with Crippen molar-refractivity contribution in [2.24, 2.45) is 5.73 Å². The van der Waals surface area contributed by atoms with Gasteiger partial charge < -0.3 is 5.73 Å². The minimum atomic E-state index is -0.0175. The average Bonchev–Trinajstić information content (AvgIpc) is 2.41. The lowest BCUT2D eigenvalue weighted by molar-refractivity contribution is 0.539. The topological polar surface area (TPSA) is 26.0 Å². The molecule has 0 heterocycles. The van der Waals surface area contributed by atoms with Gasteiger partial charge in [-0.15, -0.1) is 0 Å². The summed E-state index contributed by atoms with van der Waals surface area (Å²) >= 11 is 6.03. The molecule has 2 N–H and O–H groups in total. The largest absolute Gasteiger partial charge is 0.323 e. The molecule has 2 aromatic rings. The van der Waals surface area contributed by atoms with Gasteiger partial charge in [0.2, 0.25) is 0 Å². The molecular weight excluding hydrogens is 242 g/mol. The van der Waals surface area contributed by atoms with Crippen molar-refractivity contribution < 1.29 is 0 Å². The summed E-state index contributed by atoms with van der Waals surface area (Å²) in [4.78, 5) is 0. The van der Waals surface area contributed by atoms with Crippen molar-refractivity contribution in [1.29, 1.82) is 0 Å². The minimum absolute atomic E-state index is 0.0175.